The van der Waals surface area contributed by atoms with Crippen molar-refractivity contribution in [3.63, 3.8) is 0 Å². The maximum Gasteiger partial charge on any atom is 0.226 e. The van der Waals surface area contributed by atoms with E-state index in [1.54, 1.807) is 22.7 Å². The first-order valence-corrected chi connectivity index (χ1v) is 7.47. The molecule has 0 saturated carbocycles. The SMILES string of the molecule is CCNc1nc(Nc2ccsc2)c2ccsc2n1. The third kappa shape index (κ3) is 2.16. The van der Waals surface area contributed by atoms with E-state index in [0.29, 0.717) is 5.95 Å². The number of fused-ring (bicyclic) bond motifs is 1. The van der Waals surface area contributed by atoms with Crippen LogP contribution in [-0.4, -0.2) is 16.5 Å². The van der Waals surface area contributed by atoms with E-state index in [-0.39, 0.29) is 0 Å². The number of anilines is 3. The van der Waals surface area contributed by atoms with Gasteiger partial charge in [0.25, 0.3) is 0 Å². The highest BCUT2D eigenvalue weighted by Gasteiger charge is 2.08. The van der Waals surface area contributed by atoms with Crippen molar-refractivity contribution in [2.24, 2.45) is 0 Å². The molecule has 3 rings (SSSR count). The molecule has 0 bridgehead atoms. The summed E-state index contributed by atoms with van der Waals surface area (Å²) in [7, 11) is 0. The molecule has 0 radical (unpaired) electrons. The van der Waals surface area contributed by atoms with Crippen LogP contribution >= 0.6 is 22.7 Å². The lowest BCUT2D eigenvalue weighted by atomic mass is 10.3. The molecule has 0 spiro atoms. The van der Waals surface area contributed by atoms with Crippen LogP contribution < -0.4 is 10.6 Å². The van der Waals surface area contributed by atoms with Crippen LogP contribution in [0.15, 0.2) is 28.3 Å². The van der Waals surface area contributed by atoms with Crippen molar-refractivity contribution in [1.82, 2.24) is 9.97 Å². The van der Waals surface area contributed by atoms with E-state index in [1.165, 1.54) is 0 Å². The second kappa shape index (κ2) is 4.91. The van der Waals surface area contributed by atoms with Crippen LogP contribution in [0.2, 0.25) is 0 Å². The third-order valence-corrected chi connectivity index (χ3v) is 3.93. The molecule has 0 atom stereocenters. The number of nitrogens with zero attached hydrogens (tertiary/aromatic N) is 2. The van der Waals surface area contributed by atoms with Crippen molar-refractivity contribution in [3.8, 4) is 0 Å². The van der Waals surface area contributed by atoms with Gasteiger partial charge in [-0.3, -0.25) is 0 Å². The molecule has 18 heavy (non-hydrogen) atoms. The predicted octanol–water partition coefficient (Wildman–Crippen LogP) is 3.93. The van der Waals surface area contributed by atoms with Crippen molar-refractivity contribution < 1.29 is 0 Å². The van der Waals surface area contributed by atoms with Crippen molar-refractivity contribution >= 4 is 50.3 Å². The van der Waals surface area contributed by atoms with Crippen molar-refractivity contribution in [1.29, 1.82) is 0 Å². The molecule has 0 aromatic carbocycles. The van der Waals surface area contributed by atoms with E-state index in [2.05, 4.69) is 26.0 Å². The summed E-state index contributed by atoms with van der Waals surface area (Å²) in [6, 6.07) is 4.09. The van der Waals surface area contributed by atoms with Crippen LogP contribution in [0.1, 0.15) is 6.92 Å². The van der Waals surface area contributed by atoms with Gasteiger partial charge in [-0.25, -0.2) is 4.98 Å². The molecule has 0 aliphatic rings. The fourth-order valence-corrected chi connectivity index (χ4v) is 3.01. The molecule has 92 valence electrons. The smallest absolute Gasteiger partial charge is 0.226 e. The zero-order valence-corrected chi connectivity index (χ0v) is 11.4. The average Bonchev–Trinajstić information content (AvgIpc) is 2.99. The summed E-state index contributed by atoms with van der Waals surface area (Å²) in [5.74, 6) is 1.53. The Kier molecular flexibility index (Phi) is 3.12. The Morgan fingerprint density at radius 1 is 1.22 bits per heavy atom. The molecular formula is C12H12N4S2. The van der Waals surface area contributed by atoms with Gasteiger partial charge in [-0.2, -0.15) is 16.3 Å². The van der Waals surface area contributed by atoms with Gasteiger partial charge >= 0.3 is 0 Å². The zero-order chi connectivity index (χ0) is 12.4. The maximum atomic E-state index is 4.52. The molecule has 0 saturated heterocycles. The van der Waals surface area contributed by atoms with Crippen LogP contribution in [0.4, 0.5) is 17.5 Å². The molecule has 0 unspecified atom stereocenters. The van der Waals surface area contributed by atoms with Crippen LogP contribution in [0, 0.1) is 0 Å². The summed E-state index contributed by atoms with van der Waals surface area (Å²) in [4.78, 5) is 9.99. The first-order valence-electron chi connectivity index (χ1n) is 5.65. The number of thiophene rings is 2. The molecule has 3 aromatic heterocycles. The van der Waals surface area contributed by atoms with E-state index >= 15 is 0 Å². The molecule has 6 heteroatoms. The van der Waals surface area contributed by atoms with Gasteiger partial charge in [0.15, 0.2) is 0 Å². The monoisotopic (exact) mass is 276 g/mol. The van der Waals surface area contributed by atoms with E-state index < -0.39 is 0 Å². The standard InChI is InChI=1S/C12H12N4S2/c1-2-13-12-15-10(14-8-3-5-17-7-8)9-4-6-18-11(9)16-12/h3-7H,2H2,1H3,(H2,13,14,15,16). The molecule has 3 aromatic rings. The van der Waals surface area contributed by atoms with Gasteiger partial charge < -0.3 is 10.6 Å². The molecule has 0 aliphatic carbocycles. The number of nitrogens with one attached hydrogen (secondary N) is 2. The van der Waals surface area contributed by atoms with E-state index in [0.717, 1.165) is 28.3 Å². The zero-order valence-electron chi connectivity index (χ0n) is 9.80. The van der Waals surface area contributed by atoms with E-state index in [4.69, 9.17) is 0 Å². The Morgan fingerprint density at radius 3 is 2.94 bits per heavy atom. The first kappa shape index (κ1) is 11.4. The summed E-state index contributed by atoms with van der Waals surface area (Å²) < 4.78 is 0. The minimum atomic E-state index is 0.671. The van der Waals surface area contributed by atoms with Crippen molar-refractivity contribution in [3.05, 3.63) is 28.3 Å². The van der Waals surface area contributed by atoms with Gasteiger partial charge in [-0.15, -0.1) is 11.3 Å². The Balaban J connectivity index is 2.04. The Morgan fingerprint density at radius 2 is 2.17 bits per heavy atom. The minimum absolute atomic E-state index is 0.671. The quantitative estimate of drug-likeness (QED) is 0.758. The largest absolute Gasteiger partial charge is 0.354 e. The van der Waals surface area contributed by atoms with Crippen LogP contribution in [0.3, 0.4) is 0 Å². The summed E-state index contributed by atoms with van der Waals surface area (Å²) in [6.45, 7) is 2.85. The molecule has 2 N–H and O–H groups in total. The topological polar surface area (TPSA) is 49.8 Å². The molecule has 0 amide bonds. The normalized spacial score (nSPS) is 10.7. The van der Waals surface area contributed by atoms with Crippen molar-refractivity contribution in [2.75, 3.05) is 17.2 Å². The fourth-order valence-electron chi connectivity index (χ4n) is 1.66. The lowest BCUT2D eigenvalue weighted by Crippen LogP contribution is -2.04. The lowest BCUT2D eigenvalue weighted by Gasteiger charge is -2.07. The summed E-state index contributed by atoms with van der Waals surface area (Å²) in [5.41, 5.74) is 1.06. The van der Waals surface area contributed by atoms with E-state index in [1.807, 2.05) is 29.8 Å². The van der Waals surface area contributed by atoms with Gasteiger partial charge in [0.1, 0.15) is 10.6 Å². The third-order valence-electron chi connectivity index (χ3n) is 2.44. The lowest BCUT2D eigenvalue weighted by molar-refractivity contribution is 1.11. The Labute approximate surface area is 113 Å². The summed E-state index contributed by atoms with van der Waals surface area (Å²) >= 11 is 3.29. The number of hydrogen-bond donors (Lipinski definition) is 2. The van der Waals surface area contributed by atoms with Gasteiger partial charge in [-0.1, -0.05) is 0 Å². The minimum Gasteiger partial charge on any atom is -0.354 e. The van der Waals surface area contributed by atoms with Crippen LogP contribution in [-0.2, 0) is 0 Å². The predicted molar refractivity (Wildman–Crippen MR) is 79.2 cm³/mol. The number of hydrogen-bond acceptors (Lipinski definition) is 6. The van der Waals surface area contributed by atoms with Crippen LogP contribution in [0.5, 0.6) is 0 Å². The molecular weight excluding hydrogens is 264 g/mol. The molecule has 3 heterocycles. The highest BCUT2D eigenvalue weighted by Crippen LogP contribution is 2.29. The molecule has 4 nitrogen and oxygen atoms in total. The van der Waals surface area contributed by atoms with Crippen molar-refractivity contribution in [2.45, 2.75) is 6.92 Å². The highest BCUT2D eigenvalue weighted by molar-refractivity contribution is 7.16. The number of rotatable bonds is 4. The maximum absolute atomic E-state index is 4.52. The average molecular weight is 276 g/mol. The Bertz CT molecular complexity index is 645. The van der Waals surface area contributed by atoms with Gasteiger partial charge in [0.2, 0.25) is 5.95 Å². The summed E-state index contributed by atoms with van der Waals surface area (Å²) in [5, 5.41) is 13.7. The highest BCUT2D eigenvalue weighted by atomic mass is 32.1. The van der Waals surface area contributed by atoms with Gasteiger partial charge in [-0.05, 0) is 29.8 Å². The molecule has 0 fully saturated rings. The second-order valence-corrected chi connectivity index (χ2v) is 5.38. The van der Waals surface area contributed by atoms with Gasteiger partial charge in [0, 0.05) is 11.9 Å². The van der Waals surface area contributed by atoms with E-state index in [9.17, 15) is 0 Å². The second-order valence-electron chi connectivity index (χ2n) is 3.70. The summed E-state index contributed by atoms with van der Waals surface area (Å²) in [6.07, 6.45) is 0. The number of aromatic nitrogens is 2. The first-order chi connectivity index (χ1) is 8.86. The fraction of sp³-hybridized carbons (Fsp3) is 0.167. The Hall–Kier alpha value is -1.66. The van der Waals surface area contributed by atoms with Gasteiger partial charge in [0.05, 0.1) is 11.1 Å². The van der Waals surface area contributed by atoms with Crippen LogP contribution in [0.25, 0.3) is 10.2 Å². The molecule has 0 aliphatic heterocycles.